The number of aromatic nitrogens is 7. The third-order valence-electron chi connectivity index (χ3n) is 12.0. The molecule has 1 unspecified atom stereocenters. The number of hydrogen-bond acceptors (Lipinski definition) is 10. The van der Waals surface area contributed by atoms with Crippen LogP contribution in [-0.4, -0.2) is 89.7 Å². The summed E-state index contributed by atoms with van der Waals surface area (Å²) in [6.45, 7) is 2.48. The quantitative estimate of drug-likeness (QED) is 0.111. The number of morpholine rings is 1. The number of rotatable bonds is 11. The van der Waals surface area contributed by atoms with E-state index < -0.39 is 30.0 Å². The molecule has 3 aliphatic heterocycles. The molecule has 18 heteroatoms. The molecule has 4 aliphatic rings. The summed E-state index contributed by atoms with van der Waals surface area (Å²) in [4.78, 5) is 57.8. The highest BCUT2D eigenvalue weighted by Gasteiger charge is 2.40. The van der Waals surface area contributed by atoms with Crippen molar-refractivity contribution in [1.29, 1.82) is 0 Å². The second-order valence-electron chi connectivity index (χ2n) is 15.8. The van der Waals surface area contributed by atoms with Crippen LogP contribution in [0.5, 0.6) is 0 Å². The zero-order chi connectivity index (χ0) is 40.8. The van der Waals surface area contributed by atoms with Crippen molar-refractivity contribution in [2.75, 3.05) is 36.6 Å². The molecular formula is C41H44F2N10O6. The van der Waals surface area contributed by atoms with E-state index in [-0.39, 0.29) is 53.9 Å². The van der Waals surface area contributed by atoms with Crippen LogP contribution < -0.4 is 21.2 Å². The maximum absolute atomic E-state index is 14.2. The average molecular weight is 811 g/mol. The molecule has 9 rings (SSSR count). The van der Waals surface area contributed by atoms with E-state index in [0.717, 1.165) is 44.5 Å². The van der Waals surface area contributed by atoms with E-state index in [1.807, 2.05) is 12.1 Å². The molecule has 0 spiro atoms. The molecule has 59 heavy (non-hydrogen) atoms. The average Bonchev–Trinajstić information content (AvgIpc) is 4.08. The van der Waals surface area contributed by atoms with Crippen molar-refractivity contribution < 1.29 is 32.6 Å². The predicted molar refractivity (Wildman–Crippen MR) is 210 cm³/mol. The van der Waals surface area contributed by atoms with Crippen molar-refractivity contribution in [2.24, 2.45) is 13.0 Å². The number of hydrogen-bond donors (Lipinski definition) is 2. The van der Waals surface area contributed by atoms with Crippen molar-refractivity contribution in [1.82, 2.24) is 38.8 Å². The smallest absolute Gasteiger partial charge is 0.329 e. The molecule has 2 N–H and O–H groups in total. The molecule has 1 saturated carbocycles. The van der Waals surface area contributed by atoms with Crippen LogP contribution >= 0.6 is 0 Å². The first-order chi connectivity index (χ1) is 28.6. The number of nitrogens with one attached hydrogen (secondary N) is 2. The maximum Gasteiger partial charge on any atom is 0.329 e. The minimum atomic E-state index is -2.88. The van der Waals surface area contributed by atoms with Crippen LogP contribution in [0.25, 0.3) is 16.7 Å². The lowest BCUT2D eigenvalue weighted by atomic mass is 9.86. The normalized spacial score (nSPS) is 23.0. The van der Waals surface area contributed by atoms with Gasteiger partial charge in [-0.3, -0.25) is 33.5 Å². The summed E-state index contributed by atoms with van der Waals surface area (Å²) in [7, 11) is 1.65. The van der Waals surface area contributed by atoms with Gasteiger partial charge in [-0.15, -0.1) is 0 Å². The first kappa shape index (κ1) is 38.6. The summed E-state index contributed by atoms with van der Waals surface area (Å²) in [5.41, 5.74) is 1.58. The van der Waals surface area contributed by atoms with Crippen molar-refractivity contribution in [3.05, 3.63) is 70.2 Å². The highest BCUT2D eigenvalue weighted by atomic mass is 19.3. The molecule has 3 saturated heterocycles. The Balaban J connectivity index is 0.758. The van der Waals surface area contributed by atoms with Crippen molar-refractivity contribution in [2.45, 2.75) is 88.4 Å². The zero-order valence-electron chi connectivity index (χ0n) is 32.5. The van der Waals surface area contributed by atoms with Gasteiger partial charge in [-0.25, -0.2) is 23.1 Å². The number of unbranched alkanes of at least 4 members (excludes halogenated alkanes) is 1. The largest absolute Gasteiger partial charge is 0.381 e. The number of para-hydroxylation sites is 1. The van der Waals surface area contributed by atoms with Gasteiger partial charge in [0.15, 0.2) is 11.3 Å². The van der Waals surface area contributed by atoms with E-state index in [4.69, 9.17) is 14.5 Å². The Hall–Kier alpha value is -5.93. The van der Waals surface area contributed by atoms with E-state index in [2.05, 4.69) is 37.6 Å². The second-order valence-corrected chi connectivity index (χ2v) is 15.8. The van der Waals surface area contributed by atoms with E-state index in [0.29, 0.717) is 60.8 Å². The number of nitrogens with zero attached hydrogens (tertiary/aromatic N) is 8. The molecule has 3 amide bonds. The van der Waals surface area contributed by atoms with Crippen molar-refractivity contribution in [3.8, 4) is 11.8 Å². The number of aryl methyl sites for hydroxylation is 1. The lowest BCUT2D eigenvalue weighted by molar-refractivity contribution is -0.135. The Morgan fingerprint density at radius 2 is 1.97 bits per heavy atom. The number of alkyl halides is 2. The van der Waals surface area contributed by atoms with Crippen LogP contribution in [0, 0.1) is 17.8 Å². The number of carbonyl (C=O) groups excluding carboxylic acids is 3. The monoisotopic (exact) mass is 810 g/mol. The van der Waals surface area contributed by atoms with Gasteiger partial charge in [0.05, 0.1) is 53.3 Å². The maximum atomic E-state index is 14.2. The van der Waals surface area contributed by atoms with Crippen LogP contribution in [0.3, 0.4) is 0 Å². The molecule has 1 aliphatic carbocycles. The van der Waals surface area contributed by atoms with Gasteiger partial charge >= 0.3 is 5.69 Å². The lowest BCUT2D eigenvalue weighted by Crippen LogP contribution is -2.44. The molecule has 4 fully saturated rings. The van der Waals surface area contributed by atoms with E-state index in [9.17, 15) is 28.0 Å². The number of benzene rings is 1. The number of amides is 3. The van der Waals surface area contributed by atoms with Crippen molar-refractivity contribution >= 4 is 45.9 Å². The Labute approximate surface area is 336 Å². The first-order valence-corrected chi connectivity index (χ1v) is 20.1. The van der Waals surface area contributed by atoms with Crippen LogP contribution in [-0.2, 0) is 26.1 Å². The van der Waals surface area contributed by atoms with Gasteiger partial charge in [0.25, 0.3) is 12.3 Å². The molecule has 3 atom stereocenters. The van der Waals surface area contributed by atoms with Gasteiger partial charge in [0.2, 0.25) is 11.8 Å². The Kier molecular flexibility index (Phi) is 10.5. The Morgan fingerprint density at radius 3 is 2.73 bits per heavy atom. The second kappa shape index (κ2) is 16.0. The summed E-state index contributed by atoms with van der Waals surface area (Å²) in [6, 6.07) is 6.67. The van der Waals surface area contributed by atoms with E-state index >= 15 is 0 Å². The highest BCUT2D eigenvalue weighted by molar-refractivity contribution is 6.08. The minimum Gasteiger partial charge on any atom is -0.381 e. The van der Waals surface area contributed by atoms with Gasteiger partial charge < -0.3 is 19.7 Å². The number of carbonyl (C=O) groups is 3. The highest BCUT2D eigenvalue weighted by Crippen LogP contribution is 2.36. The van der Waals surface area contributed by atoms with Gasteiger partial charge in [0.1, 0.15) is 17.4 Å². The molecule has 4 aromatic heterocycles. The number of anilines is 2. The summed E-state index contributed by atoms with van der Waals surface area (Å²) in [5, 5.41) is 13.5. The Bertz CT molecular complexity index is 2560. The molecule has 7 heterocycles. The van der Waals surface area contributed by atoms with Crippen LogP contribution in [0.1, 0.15) is 97.9 Å². The fourth-order valence-corrected chi connectivity index (χ4v) is 8.91. The number of ether oxygens (including phenoxy) is 2. The molecular weight excluding hydrogens is 767 g/mol. The van der Waals surface area contributed by atoms with Gasteiger partial charge in [-0.05, 0) is 69.1 Å². The third-order valence-corrected chi connectivity index (χ3v) is 12.0. The standard InChI is InChI=1S/C41H44F2N10O6/c1-49-36-25(7-5-8-31(36)53(41(49)57)32-13-14-34(54)47-40(32)56)6-3-2-4-17-58-22-24-9-11-26(12-10-24)52-21-30(35(48-52)37(42)43)45-39(55)29-19-44-51-16-15-33(46-38(29)51)50-20-28-18-27(50)23-59-28/h5,7-8,15-16,19,21,24,26-28,32,37H,2,4,9-14,17-18,20,22-23H2,1H3,(H,45,55)(H,47,54,56)/t24-,26-,27-,28-,32?/m1/s1. The Morgan fingerprint density at radius 1 is 1.12 bits per heavy atom. The summed E-state index contributed by atoms with van der Waals surface area (Å²) < 4.78 is 46.1. The molecule has 1 aromatic carbocycles. The molecule has 2 bridgehead atoms. The topological polar surface area (TPSA) is 172 Å². The summed E-state index contributed by atoms with van der Waals surface area (Å²) in [6.07, 6.45) is 7.77. The van der Waals surface area contributed by atoms with Crippen LogP contribution in [0.4, 0.5) is 20.3 Å². The van der Waals surface area contributed by atoms with Gasteiger partial charge in [-0.1, -0.05) is 17.9 Å². The molecule has 16 nitrogen and oxygen atoms in total. The number of halogens is 2. The van der Waals surface area contributed by atoms with Crippen molar-refractivity contribution in [3.63, 3.8) is 0 Å². The van der Waals surface area contributed by atoms with E-state index in [1.54, 1.807) is 30.1 Å². The predicted octanol–water partition coefficient (Wildman–Crippen LogP) is 4.30. The molecule has 0 radical (unpaired) electrons. The molecule has 5 aromatic rings. The number of imidazole rings is 1. The van der Waals surface area contributed by atoms with Gasteiger partial charge in [0, 0.05) is 52.0 Å². The fraction of sp³-hybridized carbons (Fsp3) is 0.488. The number of imide groups is 1. The SMILES string of the molecule is Cn1c(=O)n(C2CCC(=O)NC2=O)c2cccc(C#CCCCOC[C@H]3CC[C@H](n4cc(NC(=O)c5cnn6ccc(N7C[C@H]8C[C@@H]7CO8)nc56)c(C(F)F)n4)CC3)c21. The minimum absolute atomic E-state index is 0.0329. The van der Waals surface area contributed by atoms with Crippen LogP contribution in [0.15, 0.2) is 47.7 Å². The van der Waals surface area contributed by atoms with Crippen LogP contribution in [0.2, 0.25) is 0 Å². The summed E-state index contributed by atoms with van der Waals surface area (Å²) >= 11 is 0. The summed E-state index contributed by atoms with van der Waals surface area (Å²) in [5.74, 6) is 6.00. The lowest BCUT2D eigenvalue weighted by Gasteiger charge is -2.28. The van der Waals surface area contributed by atoms with Gasteiger partial charge in [-0.2, -0.15) is 10.2 Å². The third kappa shape index (κ3) is 7.48. The zero-order valence-corrected chi connectivity index (χ0v) is 32.5. The first-order valence-electron chi connectivity index (χ1n) is 20.1. The number of piperidine rings is 1. The fourth-order valence-electron chi connectivity index (χ4n) is 8.91. The molecule has 308 valence electrons. The van der Waals surface area contributed by atoms with E-state index in [1.165, 1.54) is 26.0 Å². The number of fused-ring (bicyclic) bond motifs is 4.